The second-order valence-electron chi connectivity index (χ2n) is 5.97. The van der Waals surface area contributed by atoms with Crippen LogP contribution in [-0.4, -0.2) is 22.6 Å². The van der Waals surface area contributed by atoms with E-state index in [4.69, 9.17) is 37.7 Å². The van der Waals surface area contributed by atoms with E-state index in [0.29, 0.717) is 22.6 Å². The van der Waals surface area contributed by atoms with Gasteiger partial charge in [0.15, 0.2) is 11.5 Å². The standard InChI is InChI=1S/C19H13Cl2N3O2S/c20-11-1-6-17-23-18(15-4-5-16(21)27-15)19(24(17)10-11)22-12-2-3-13-14(9-12)26-8-7-25-13/h1-6,9-10,22H,7-8H2. The molecular formula is C19H13Cl2N3O2S. The fourth-order valence-electron chi connectivity index (χ4n) is 3.01. The van der Waals surface area contributed by atoms with Gasteiger partial charge in [-0.2, -0.15) is 0 Å². The molecule has 5 rings (SSSR count). The van der Waals surface area contributed by atoms with Crippen LogP contribution in [0.5, 0.6) is 11.5 Å². The summed E-state index contributed by atoms with van der Waals surface area (Å²) in [6.45, 7) is 1.11. The van der Waals surface area contributed by atoms with Crippen molar-refractivity contribution in [1.29, 1.82) is 0 Å². The maximum atomic E-state index is 6.22. The fraction of sp³-hybridized carbons (Fsp3) is 0.105. The average Bonchev–Trinajstić information content (AvgIpc) is 3.25. The first-order chi connectivity index (χ1) is 13.2. The summed E-state index contributed by atoms with van der Waals surface area (Å²) in [5.41, 5.74) is 2.47. The largest absolute Gasteiger partial charge is 0.486 e. The third-order valence-electron chi connectivity index (χ3n) is 4.19. The molecular weight excluding hydrogens is 405 g/mol. The Balaban J connectivity index is 1.63. The Labute approximate surface area is 169 Å². The molecule has 0 atom stereocenters. The molecule has 0 amide bonds. The van der Waals surface area contributed by atoms with E-state index < -0.39 is 0 Å². The molecule has 4 aromatic rings. The number of rotatable bonds is 3. The smallest absolute Gasteiger partial charge is 0.163 e. The molecule has 0 unspecified atom stereocenters. The van der Waals surface area contributed by atoms with Gasteiger partial charge in [-0.05, 0) is 36.4 Å². The van der Waals surface area contributed by atoms with Crippen LogP contribution in [0.4, 0.5) is 11.5 Å². The van der Waals surface area contributed by atoms with Crippen molar-refractivity contribution >= 4 is 51.7 Å². The molecule has 0 aliphatic carbocycles. The summed E-state index contributed by atoms with van der Waals surface area (Å²) in [6.07, 6.45) is 1.84. The normalized spacial score (nSPS) is 13.1. The molecule has 3 aromatic heterocycles. The summed E-state index contributed by atoms with van der Waals surface area (Å²) in [7, 11) is 0. The number of ether oxygens (including phenoxy) is 2. The molecule has 1 aromatic carbocycles. The van der Waals surface area contributed by atoms with Crippen molar-refractivity contribution in [1.82, 2.24) is 9.38 Å². The fourth-order valence-corrected chi connectivity index (χ4v) is 4.20. The Hall–Kier alpha value is -2.41. The minimum Gasteiger partial charge on any atom is -0.486 e. The predicted octanol–water partition coefficient (Wildman–Crippen LogP) is 5.88. The summed E-state index contributed by atoms with van der Waals surface area (Å²) in [5, 5.41) is 4.08. The number of hydrogen-bond acceptors (Lipinski definition) is 5. The Bertz CT molecular complexity index is 1160. The van der Waals surface area contributed by atoms with Crippen LogP contribution in [-0.2, 0) is 0 Å². The summed E-state index contributed by atoms with van der Waals surface area (Å²) in [5.74, 6) is 2.28. The highest BCUT2D eigenvalue weighted by atomic mass is 35.5. The van der Waals surface area contributed by atoms with Crippen molar-refractivity contribution in [2.75, 3.05) is 18.5 Å². The summed E-state index contributed by atoms with van der Waals surface area (Å²) >= 11 is 13.8. The lowest BCUT2D eigenvalue weighted by Crippen LogP contribution is -2.15. The molecule has 5 nitrogen and oxygen atoms in total. The molecule has 1 aliphatic heterocycles. The van der Waals surface area contributed by atoms with E-state index in [0.717, 1.165) is 39.2 Å². The minimum absolute atomic E-state index is 0.542. The number of anilines is 2. The predicted molar refractivity (Wildman–Crippen MR) is 109 cm³/mol. The number of fused-ring (bicyclic) bond motifs is 2. The second kappa shape index (κ2) is 6.64. The highest BCUT2D eigenvalue weighted by Crippen LogP contribution is 2.39. The first kappa shape index (κ1) is 16.7. The number of imidazole rings is 1. The lowest BCUT2D eigenvalue weighted by Gasteiger charge is -2.19. The molecule has 0 spiro atoms. The highest BCUT2D eigenvalue weighted by Gasteiger charge is 2.18. The van der Waals surface area contributed by atoms with Crippen molar-refractivity contribution in [2.45, 2.75) is 0 Å². The van der Waals surface area contributed by atoms with E-state index in [2.05, 4.69) is 5.32 Å². The zero-order chi connectivity index (χ0) is 18.4. The maximum Gasteiger partial charge on any atom is 0.163 e. The summed E-state index contributed by atoms with van der Waals surface area (Å²) in [4.78, 5) is 5.73. The number of nitrogens with zero attached hydrogens (tertiary/aromatic N) is 2. The van der Waals surface area contributed by atoms with Gasteiger partial charge in [0.25, 0.3) is 0 Å². The van der Waals surface area contributed by atoms with E-state index >= 15 is 0 Å². The molecule has 8 heteroatoms. The quantitative estimate of drug-likeness (QED) is 0.451. The Morgan fingerprint density at radius 2 is 1.85 bits per heavy atom. The molecule has 136 valence electrons. The molecule has 0 bridgehead atoms. The molecule has 0 saturated heterocycles. The Morgan fingerprint density at radius 1 is 1.00 bits per heavy atom. The molecule has 4 heterocycles. The monoisotopic (exact) mass is 417 g/mol. The number of halogens is 2. The number of thiophene rings is 1. The van der Waals surface area contributed by atoms with Gasteiger partial charge in [0.2, 0.25) is 0 Å². The van der Waals surface area contributed by atoms with Crippen molar-refractivity contribution in [3.63, 3.8) is 0 Å². The van der Waals surface area contributed by atoms with Crippen molar-refractivity contribution < 1.29 is 9.47 Å². The number of benzene rings is 1. The van der Waals surface area contributed by atoms with Gasteiger partial charge >= 0.3 is 0 Å². The number of nitrogens with one attached hydrogen (secondary N) is 1. The maximum absolute atomic E-state index is 6.22. The van der Waals surface area contributed by atoms with Crippen LogP contribution in [0.1, 0.15) is 0 Å². The van der Waals surface area contributed by atoms with E-state index in [1.165, 1.54) is 11.3 Å². The topological polar surface area (TPSA) is 47.8 Å². The van der Waals surface area contributed by atoms with Crippen molar-refractivity contribution in [3.8, 4) is 22.1 Å². The van der Waals surface area contributed by atoms with Crippen LogP contribution < -0.4 is 14.8 Å². The van der Waals surface area contributed by atoms with E-state index in [9.17, 15) is 0 Å². The molecule has 0 fully saturated rings. The van der Waals surface area contributed by atoms with Gasteiger partial charge < -0.3 is 14.8 Å². The van der Waals surface area contributed by atoms with Crippen LogP contribution in [0.15, 0.2) is 48.7 Å². The minimum atomic E-state index is 0.542. The van der Waals surface area contributed by atoms with Crippen LogP contribution >= 0.6 is 34.5 Å². The van der Waals surface area contributed by atoms with Gasteiger partial charge in [-0.1, -0.05) is 23.2 Å². The summed E-state index contributed by atoms with van der Waals surface area (Å²) < 4.78 is 13.9. The zero-order valence-electron chi connectivity index (χ0n) is 13.9. The van der Waals surface area contributed by atoms with Crippen LogP contribution in [0.3, 0.4) is 0 Å². The average molecular weight is 418 g/mol. The third-order valence-corrected chi connectivity index (χ3v) is 5.66. The van der Waals surface area contributed by atoms with Gasteiger partial charge in [0, 0.05) is 18.0 Å². The zero-order valence-corrected chi connectivity index (χ0v) is 16.2. The van der Waals surface area contributed by atoms with Crippen LogP contribution in [0.2, 0.25) is 9.36 Å². The van der Waals surface area contributed by atoms with Gasteiger partial charge in [-0.25, -0.2) is 4.98 Å². The first-order valence-electron chi connectivity index (χ1n) is 8.27. The van der Waals surface area contributed by atoms with Crippen LogP contribution in [0, 0.1) is 0 Å². The van der Waals surface area contributed by atoms with Gasteiger partial charge in [-0.3, -0.25) is 4.40 Å². The number of aromatic nitrogens is 2. The Kier molecular flexibility index (Phi) is 4.11. The SMILES string of the molecule is Clc1ccc2nc(-c3ccc(Cl)s3)c(Nc3ccc4c(c3)OCCO4)n2c1. The van der Waals surface area contributed by atoms with Crippen molar-refractivity contribution in [2.24, 2.45) is 0 Å². The molecule has 0 radical (unpaired) electrons. The number of pyridine rings is 1. The Morgan fingerprint density at radius 3 is 2.67 bits per heavy atom. The van der Waals surface area contributed by atoms with E-state index in [-0.39, 0.29) is 0 Å². The van der Waals surface area contributed by atoms with Crippen molar-refractivity contribution in [3.05, 3.63) is 58.0 Å². The van der Waals surface area contributed by atoms with Gasteiger partial charge in [0.05, 0.1) is 14.2 Å². The first-order valence-corrected chi connectivity index (χ1v) is 9.84. The lowest BCUT2D eigenvalue weighted by atomic mass is 10.2. The van der Waals surface area contributed by atoms with E-state index in [1.54, 1.807) is 0 Å². The highest BCUT2D eigenvalue weighted by molar-refractivity contribution is 7.19. The molecule has 1 N–H and O–H groups in total. The molecule has 27 heavy (non-hydrogen) atoms. The lowest BCUT2D eigenvalue weighted by molar-refractivity contribution is 0.171. The molecule has 1 aliphatic rings. The summed E-state index contributed by atoms with van der Waals surface area (Å²) in [6, 6.07) is 13.3. The van der Waals surface area contributed by atoms with E-state index in [1.807, 2.05) is 53.1 Å². The van der Waals surface area contributed by atoms with Gasteiger partial charge in [0.1, 0.15) is 30.4 Å². The molecule has 0 saturated carbocycles. The third kappa shape index (κ3) is 3.10. The van der Waals surface area contributed by atoms with Crippen LogP contribution in [0.25, 0.3) is 16.2 Å². The number of hydrogen-bond donors (Lipinski definition) is 1. The second-order valence-corrected chi connectivity index (χ2v) is 8.12. The van der Waals surface area contributed by atoms with Gasteiger partial charge in [-0.15, -0.1) is 11.3 Å².